The van der Waals surface area contributed by atoms with Crippen LogP contribution in [0.15, 0.2) is 48.5 Å². The fourth-order valence-corrected chi connectivity index (χ4v) is 4.02. The zero-order chi connectivity index (χ0) is 16.3. The number of carbonyl (C=O) groups is 1. The van der Waals surface area contributed by atoms with Crippen LogP contribution >= 0.6 is 0 Å². The minimum absolute atomic E-state index is 0.0395. The number of amides is 1. The van der Waals surface area contributed by atoms with E-state index in [1.807, 2.05) is 55.5 Å². The van der Waals surface area contributed by atoms with Gasteiger partial charge in [0, 0.05) is 12.3 Å². The van der Waals surface area contributed by atoms with Crippen molar-refractivity contribution in [3.05, 3.63) is 59.9 Å². The van der Waals surface area contributed by atoms with Gasteiger partial charge in [-0.1, -0.05) is 30.3 Å². The van der Waals surface area contributed by atoms with E-state index in [1.165, 1.54) is 0 Å². The van der Waals surface area contributed by atoms with E-state index >= 15 is 0 Å². The molecule has 2 bridgehead atoms. The number of hydrogen-bond donors (Lipinski definition) is 2. The van der Waals surface area contributed by atoms with E-state index < -0.39 is 5.72 Å². The van der Waals surface area contributed by atoms with Gasteiger partial charge in [0.25, 0.3) is 0 Å². The molecule has 2 aliphatic heterocycles. The standard InChI is InChI=1S/C19H17N3O2/c1-19-10-12(11-6-2-5-9-15(11)24-19)16(18(23)22-19)17-20-13-7-3-4-8-14(13)21-17/h2-9,12,16H,10H2,1H3,(H,20,21)(H,22,23)/t12-,16-,19-/m1/s1. The van der Waals surface area contributed by atoms with Crippen molar-refractivity contribution in [1.82, 2.24) is 15.3 Å². The van der Waals surface area contributed by atoms with Crippen LogP contribution in [0.4, 0.5) is 0 Å². The van der Waals surface area contributed by atoms with Crippen molar-refractivity contribution in [3.8, 4) is 5.75 Å². The average Bonchev–Trinajstić information content (AvgIpc) is 2.97. The number of fused-ring (bicyclic) bond motifs is 5. The van der Waals surface area contributed by atoms with Gasteiger partial charge in [0.2, 0.25) is 5.91 Å². The van der Waals surface area contributed by atoms with Crippen LogP contribution in [0, 0.1) is 0 Å². The number of benzene rings is 2. The van der Waals surface area contributed by atoms with Gasteiger partial charge in [0.05, 0.1) is 11.0 Å². The summed E-state index contributed by atoms with van der Waals surface area (Å²) >= 11 is 0. The molecule has 2 aromatic carbocycles. The van der Waals surface area contributed by atoms with Gasteiger partial charge in [0.15, 0.2) is 5.72 Å². The Hall–Kier alpha value is -2.82. The van der Waals surface area contributed by atoms with E-state index in [0.29, 0.717) is 0 Å². The van der Waals surface area contributed by atoms with Crippen LogP contribution in [-0.4, -0.2) is 21.6 Å². The van der Waals surface area contributed by atoms with E-state index in [4.69, 9.17) is 4.74 Å². The van der Waals surface area contributed by atoms with Gasteiger partial charge in [-0.25, -0.2) is 4.98 Å². The van der Waals surface area contributed by atoms with Crippen LogP contribution in [0.3, 0.4) is 0 Å². The number of carbonyl (C=O) groups excluding carboxylic acids is 1. The van der Waals surface area contributed by atoms with Crippen LogP contribution < -0.4 is 10.1 Å². The Morgan fingerprint density at radius 1 is 1.17 bits per heavy atom. The second-order valence-corrected chi connectivity index (χ2v) is 6.79. The van der Waals surface area contributed by atoms with E-state index in [0.717, 1.165) is 34.6 Å². The zero-order valence-electron chi connectivity index (χ0n) is 13.2. The van der Waals surface area contributed by atoms with Crippen molar-refractivity contribution in [3.63, 3.8) is 0 Å². The minimum atomic E-state index is -0.654. The van der Waals surface area contributed by atoms with Crippen LogP contribution in [0.1, 0.15) is 36.6 Å². The molecular weight excluding hydrogens is 302 g/mol. The molecule has 0 saturated carbocycles. The maximum atomic E-state index is 12.8. The average molecular weight is 319 g/mol. The first-order valence-electron chi connectivity index (χ1n) is 8.18. The quantitative estimate of drug-likeness (QED) is 0.724. The van der Waals surface area contributed by atoms with Crippen LogP contribution in [0.25, 0.3) is 11.0 Å². The molecule has 120 valence electrons. The number of para-hydroxylation sites is 3. The molecule has 3 aromatic rings. The maximum Gasteiger partial charge on any atom is 0.234 e. The van der Waals surface area contributed by atoms with Crippen molar-refractivity contribution in [2.45, 2.75) is 30.9 Å². The summed E-state index contributed by atoms with van der Waals surface area (Å²) in [5.74, 6) is 1.24. The number of rotatable bonds is 1. The molecule has 0 spiro atoms. The molecule has 1 saturated heterocycles. The smallest absolute Gasteiger partial charge is 0.234 e. The molecule has 3 atom stereocenters. The summed E-state index contributed by atoms with van der Waals surface area (Å²) < 4.78 is 6.04. The van der Waals surface area contributed by atoms with Crippen molar-refractivity contribution in [2.24, 2.45) is 0 Å². The highest BCUT2D eigenvalue weighted by molar-refractivity contribution is 5.87. The Morgan fingerprint density at radius 3 is 2.83 bits per heavy atom. The van der Waals surface area contributed by atoms with Crippen molar-refractivity contribution >= 4 is 16.9 Å². The Bertz CT molecular complexity index is 931. The van der Waals surface area contributed by atoms with Gasteiger partial charge < -0.3 is 15.0 Å². The van der Waals surface area contributed by atoms with Crippen LogP contribution in [0.2, 0.25) is 0 Å². The molecule has 1 amide bonds. The summed E-state index contributed by atoms with van der Waals surface area (Å²) in [4.78, 5) is 20.9. The molecule has 2 N–H and O–H groups in total. The third-order valence-electron chi connectivity index (χ3n) is 5.04. The van der Waals surface area contributed by atoms with E-state index in [9.17, 15) is 4.79 Å². The summed E-state index contributed by atoms with van der Waals surface area (Å²) in [6.07, 6.45) is 0.734. The van der Waals surface area contributed by atoms with Gasteiger partial charge >= 0.3 is 0 Å². The molecule has 2 aliphatic rings. The summed E-state index contributed by atoms with van der Waals surface area (Å²) in [7, 11) is 0. The fourth-order valence-electron chi connectivity index (χ4n) is 4.02. The van der Waals surface area contributed by atoms with Gasteiger partial charge in [0.1, 0.15) is 17.5 Å². The topological polar surface area (TPSA) is 67.0 Å². The summed E-state index contributed by atoms with van der Waals surface area (Å²) in [5.41, 5.74) is 2.26. The lowest BCUT2D eigenvalue weighted by atomic mass is 9.74. The maximum absolute atomic E-state index is 12.8. The summed E-state index contributed by atoms with van der Waals surface area (Å²) in [5, 5.41) is 3.04. The third kappa shape index (κ3) is 1.87. The Labute approximate surface area is 139 Å². The molecule has 0 unspecified atom stereocenters. The first-order valence-corrected chi connectivity index (χ1v) is 8.18. The predicted molar refractivity (Wildman–Crippen MR) is 89.8 cm³/mol. The number of aromatic nitrogens is 2. The zero-order valence-corrected chi connectivity index (χ0v) is 13.2. The number of H-pyrrole nitrogens is 1. The normalized spacial score (nSPS) is 28.1. The Balaban J connectivity index is 1.67. The molecule has 1 aromatic heterocycles. The second-order valence-electron chi connectivity index (χ2n) is 6.79. The fraction of sp³-hybridized carbons (Fsp3) is 0.263. The SMILES string of the molecule is C[C@]12C[C@H](c3ccccc3O1)[C@H](c1nc3ccccc3[nH]1)C(=O)N2. The number of nitrogens with one attached hydrogen (secondary N) is 2. The molecule has 0 radical (unpaired) electrons. The predicted octanol–water partition coefficient (Wildman–Crippen LogP) is 3.06. The van der Waals surface area contributed by atoms with Gasteiger partial charge in [-0.15, -0.1) is 0 Å². The Morgan fingerprint density at radius 2 is 1.96 bits per heavy atom. The van der Waals surface area contributed by atoms with Crippen LogP contribution in [-0.2, 0) is 4.79 Å². The van der Waals surface area contributed by atoms with Crippen LogP contribution in [0.5, 0.6) is 5.75 Å². The molecule has 5 rings (SSSR count). The number of imidazole rings is 1. The number of hydrogen-bond acceptors (Lipinski definition) is 3. The number of aromatic amines is 1. The van der Waals surface area contributed by atoms with Crippen molar-refractivity contribution < 1.29 is 9.53 Å². The number of ether oxygens (including phenoxy) is 1. The minimum Gasteiger partial charge on any atom is -0.468 e. The van der Waals surface area contributed by atoms with E-state index in [1.54, 1.807) is 0 Å². The summed E-state index contributed by atoms with van der Waals surface area (Å²) in [6, 6.07) is 15.8. The molecule has 5 heteroatoms. The number of piperidine rings is 1. The Kier molecular flexibility index (Phi) is 2.61. The third-order valence-corrected chi connectivity index (χ3v) is 5.04. The molecule has 1 fully saturated rings. The highest BCUT2D eigenvalue weighted by Gasteiger charge is 2.50. The van der Waals surface area contributed by atoms with E-state index in [2.05, 4.69) is 15.3 Å². The monoisotopic (exact) mass is 319 g/mol. The highest BCUT2D eigenvalue weighted by Crippen LogP contribution is 2.49. The van der Waals surface area contributed by atoms with Crippen molar-refractivity contribution in [2.75, 3.05) is 0 Å². The first kappa shape index (κ1) is 13.6. The number of nitrogens with zero attached hydrogens (tertiary/aromatic N) is 1. The molecular formula is C19H17N3O2. The largest absolute Gasteiger partial charge is 0.468 e. The lowest BCUT2D eigenvalue weighted by molar-refractivity contribution is -0.135. The summed E-state index contributed by atoms with van der Waals surface area (Å²) in [6.45, 7) is 1.93. The van der Waals surface area contributed by atoms with Gasteiger partial charge in [-0.2, -0.15) is 0 Å². The molecule has 24 heavy (non-hydrogen) atoms. The van der Waals surface area contributed by atoms with Gasteiger partial charge in [-0.3, -0.25) is 4.79 Å². The second kappa shape index (κ2) is 4.60. The highest BCUT2D eigenvalue weighted by atomic mass is 16.5. The van der Waals surface area contributed by atoms with Crippen molar-refractivity contribution in [1.29, 1.82) is 0 Å². The lowest BCUT2D eigenvalue weighted by Crippen LogP contribution is -2.60. The lowest BCUT2D eigenvalue weighted by Gasteiger charge is -2.46. The molecule has 5 nitrogen and oxygen atoms in total. The van der Waals surface area contributed by atoms with Gasteiger partial charge in [-0.05, 0) is 30.7 Å². The first-order chi connectivity index (χ1) is 11.6. The molecule has 3 heterocycles. The molecule has 0 aliphatic carbocycles. The van der Waals surface area contributed by atoms with E-state index in [-0.39, 0.29) is 17.7 Å².